The molecule has 0 amide bonds. The van der Waals surface area contributed by atoms with Crippen molar-refractivity contribution in [2.45, 2.75) is 19.8 Å². The molecule has 0 unspecified atom stereocenters. The third-order valence-electron chi connectivity index (χ3n) is 1.89. The number of hydrogen-bond donors (Lipinski definition) is 4. The molecular formula is C9H12O4. The summed E-state index contributed by atoms with van der Waals surface area (Å²) in [6, 6.07) is 2.91. The molecule has 0 saturated heterocycles. The topological polar surface area (TPSA) is 80.9 Å². The van der Waals surface area contributed by atoms with Gasteiger partial charge in [-0.2, -0.15) is 0 Å². The first-order valence-electron chi connectivity index (χ1n) is 3.89. The normalized spacial score (nSPS) is 10.4. The zero-order valence-corrected chi connectivity index (χ0v) is 7.06. The summed E-state index contributed by atoms with van der Waals surface area (Å²) in [6.07, 6.45) is 0. The molecule has 0 aliphatic carbocycles. The first kappa shape index (κ1) is 9.98. The number of aromatic hydroxyl groups is 1. The minimum absolute atomic E-state index is 0.0990. The van der Waals surface area contributed by atoms with Crippen LogP contribution in [0.4, 0.5) is 0 Å². The molecule has 4 heteroatoms. The molecule has 0 aliphatic rings. The molecule has 0 heterocycles. The molecule has 0 atom stereocenters. The number of phenols is 1. The van der Waals surface area contributed by atoms with Crippen LogP contribution in [-0.4, -0.2) is 20.4 Å². The molecule has 0 spiro atoms. The Labute approximate surface area is 75.7 Å². The number of hydrogen-bond acceptors (Lipinski definition) is 4. The summed E-state index contributed by atoms with van der Waals surface area (Å²) in [5, 5.41) is 35.9. The summed E-state index contributed by atoms with van der Waals surface area (Å²) >= 11 is 0. The quantitative estimate of drug-likeness (QED) is 0.527. The second-order valence-corrected chi connectivity index (χ2v) is 2.73. The first-order chi connectivity index (χ1) is 6.22. The van der Waals surface area contributed by atoms with Crippen LogP contribution < -0.4 is 0 Å². The Kier molecular flexibility index (Phi) is 3.25. The second kappa shape index (κ2) is 4.23. The van der Waals surface area contributed by atoms with Gasteiger partial charge in [0.2, 0.25) is 0 Å². The lowest BCUT2D eigenvalue weighted by Gasteiger charge is -2.09. The van der Waals surface area contributed by atoms with E-state index in [-0.39, 0.29) is 25.6 Å². The van der Waals surface area contributed by atoms with Crippen LogP contribution in [0.5, 0.6) is 5.75 Å². The lowest BCUT2D eigenvalue weighted by Crippen LogP contribution is -1.97. The van der Waals surface area contributed by atoms with Crippen molar-refractivity contribution < 1.29 is 20.4 Å². The smallest absolute Gasteiger partial charge is 0.121 e. The van der Waals surface area contributed by atoms with E-state index in [4.69, 9.17) is 15.3 Å². The van der Waals surface area contributed by atoms with Crippen molar-refractivity contribution in [3.63, 3.8) is 0 Å². The molecule has 1 aromatic carbocycles. The maximum Gasteiger partial charge on any atom is 0.121 e. The Morgan fingerprint density at radius 3 is 2.08 bits per heavy atom. The van der Waals surface area contributed by atoms with Crippen molar-refractivity contribution >= 4 is 0 Å². The first-order valence-corrected chi connectivity index (χ1v) is 3.89. The number of aliphatic hydroxyl groups excluding tert-OH is 3. The summed E-state index contributed by atoms with van der Waals surface area (Å²) in [6.45, 7) is -0.795. The maximum absolute atomic E-state index is 9.35. The lowest BCUT2D eigenvalue weighted by molar-refractivity contribution is 0.252. The molecule has 0 radical (unpaired) electrons. The third kappa shape index (κ3) is 1.98. The van der Waals surface area contributed by atoms with Crippen LogP contribution >= 0.6 is 0 Å². The summed E-state index contributed by atoms with van der Waals surface area (Å²) in [7, 11) is 0. The van der Waals surface area contributed by atoms with Crippen molar-refractivity contribution in [1.29, 1.82) is 0 Å². The van der Waals surface area contributed by atoms with Crippen LogP contribution in [0, 0.1) is 0 Å². The molecule has 13 heavy (non-hydrogen) atoms. The molecule has 0 saturated carbocycles. The predicted molar refractivity (Wildman–Crippen MR) is 45.9 cm³/mol. The van der Waals surface area contributed by atoms with Gasteiger partial charge < -0.3 is 20.4 Å². The van der Waals surface area contributed by atoms with Crippen LogP contribution in [0.25, 0.3) is 0 Å². The molecule has 0 bridgehead atoms. The van der Waals surface area contributed by atoms with Gasteiger partial charge >= 0.3 is 0 Å². The van der Waals surface area contributed by atoms with Gasteiger partial charge in [0.15, 0.2) is 0 Å². The molecule has 4 N–H and O–H groups in total. The Morgan fingerprint density at radius 2 is 1.62 bits per heavy atom. The van der Waals surface area contributed by atoms with E-state index in [2.05, 4.69) is 0 Å². The van der Waals surface area contributed by atoms with Crippen molar-refractivity contribution in [1.82, 2.24) is 0 Å². The van der Waals surface area contributed by atoms with Crippen molar-refractivity contribution in [2.75, 3.05) is 0 Å². The van der Waals surface area contributed by atoms with Crippen LogP contribution in [0.3, 0.4) is 0 Å². The van der Waals surface area contributed by atoms with Crippen LogP contribution in [-0.2, 0) is 19.8 Å². The SMILES string of the molecule is OCc1cc(O)c(CO)c(CO)c1. The Morgan fingerprint density at radius 1 is 0.923 bits per heavy atom. The summed E-state index contributed by atoms with van der Waals surface area (Å²) in [5.74, 6) is -0.0990. The fraction of sp³-hybridized carbons (Fsp3) is 0.333. The maximum atomic E-state index is 9.35. The number of aliphatic hydroxyl groups is 3. The number of rotatable bonds is 3. The van der Waals surface area contributed by atoms with Gasteiger partial charge in [-0.15, -0.1) is 0 Å². The molecule has 0 aliphatic heterocycles. The average Bonchev–Trinajstić information content (AvgIpc) is 2.16. The Hall–Kier alpha value is -1.10. The minimum Gasteiger partial charge on any atom is -0.508 e. The second-order valence-electron chi connectivity index (χ2n) is 2.73. The van der Waals surface area contributed by atoms with E-state index in [1.54, 1.807) is 6.07 Å². The zero-order valence-electron chi connectivity index (χ0n) is 7.06. The molecule has 1 rings (SSSR count). The third-order valence-corrected chi connectivity index (χ3v) is 1.89. The standard InChI is InChI=1S/C9H12O4/c10-3-6-1-7(4-11)8(5-12)9(13)2-6/h1-2,10-13H,3-5H2. The van der Waals surface area contributed by atoms with E-state index < -0.39 is 0 Å². The van der Waals surface area contributed by atoms with Gasteiger partial charge in [0, 0.05) is 5.56 Å². The van der Waals surface area contributed by atoms with Gasteiger partial charge in [-0.3, -0.25) is 0 Å². The predicted octanol–water partition coefficient (Wildman–Crippen LogP) is -0.131. The van der Waals surface area contributed by atoms with Gasteiger partial charge in [-0.1, -0.05) is 6.07 Å². The van der Waals surface area contributed by atoms with Crippen molar-refractivity contribution in [3.8, 4) is 5.75 Å². The van der Waals surface area contributed by atoms with Gasteiger partial charge in [0.25, 0.3) is 0 Å². The van der Waals surface area contributed by atoms with E-state index in [0.717, 1.165) is 0 Å². The van der Waals surface area contributed by atoms with Gasteiger partial charge in [-0.05, 0) is 17.2 Å². The summed E-state index contributed by atoms with van der Waals surface area (Å²) in [5.41, 5.74) is 1.25. The average molecular weight is 184 g/mol. The van der Waals surface area contributed by atoms with E-state index in [0.29, 0.717) is 16.7 Å². The largest absolute Gasteiger partial charge is 0.508 e. The van der Waals surface area contributed by atoms with E-state index in [1.165, 1.54) is 6.07 Å². The Bertz CT molecular complexity index is 296. The van der Waals surface area contributed by atoms with Gasteiger partial charge in [-0.25, -0.2) is 0 Å². The molecule has 1 aromatic rings. The summed E-state index contributed by atoms with van der Waals surface area (Å²) < 4.78 is 0. The van der Waals surface area contributed by atoms with Crippen LogP contribution in [0.2, 0.25) is 0 Å². The van der Waals surface area contributed by atoms with Crippen LogP contribution in [0.15, 0.2) is 12.1 Å². The minimum atomic E-state index is -0.326. The van der Waals surface area contributed by atoms with Crippen LogP contribution in [0.1, 0.15) is 16.7 Å². The number of benzene rings is 1. The monoisotopic (exact) mass is 184 g/mol. The highest BCUT2D eigenvalue weighted by Crippen LogP contribution is 2.23. The van der Waals surface area contributed by atoms with Gasteiger partial charge in [0.1, 0.15) is 5.75 Å². The van der Waals surface area contributed by atoms with E-state index in [9.17, 15) is 5.11 Å². The fourth-order valence-electron chi connectivity index (χ4n) is 1.19. The highest BCUT2D eigenvalue weighted by molar-refractivity contribution is 5.42. The molecule has 4 nitrogen and oxygen atoms in total. The molecular weight excluding hydrogens is 172 g/mol. The Balaban J connectivity index is 3.20. The molecule has 0 fully saturated rings. The van der Waals surface area contributed by atoms with Gasteiger partial charge in [0.05, 0.1) is 19.8 Å². The van der Waals surface area contributed by atoms with Crippen molar-refractivity contribution in [3.05, 3.63) is 28.8 Å². The fourth-order valence-corrected chi connectivity index (χ4v) is 1.19. The molecule has 72 valence electrons. The zero-order chi connectivity index (χ0) is 9.84. The lowest BCUT2D eigenvalue weighted by atomic mass is 10.0. The van der Waals surface area contributed by atoms with E-state index >= 15 is 0 Å². The highest BCUT2D eigenvalue weighted by atomic mass is 16.3. The molecule has 0 aromatic heterocycles. The van der Waals surface area contributed by atoms with Crippen molar-refractivity contribution in [2.24, 2.45) is 0 Å². The summed E-state index contributed by atoms with van der Waals surface area (Å²) in [4.78, 5) is 0. The highest BCUT2D eigenvalue weighted by Gasteiger charge is 2.08. The van der Waals surface area contributed by atoms with E-state index in [1.807, 2.05) is 0 Å².